The fraction of sp³-hybridized carbons (Fsp3) is 0.600. The first-order chi connectivity index (χ1) is 2.80. The van der Waals surface area contributed by atoms with Gasteiger partial charge in [0.05, 0.1) is 0 Å². The second-order valence-electron chi connectivity index (χ2n) is 1.66. The van der Waals surface area contributed by atoms with E-state index in [2.05, 4.69) is 0 Å². The molecule has 0 aromatic carbocycles. The van der Waals surface area contributed by atoms with E-state index in [0.717, 1.165) is 18.8 Å². The Kier molecular flexibility index (Phi) is 0.621. The highest BCUT2D eigenvalue weighted by atomic mass is 16.1. The van der Waals surface area contributed by atoms with Crippen molar-refractivity contribution < 1.29 is 4.79 Å². The van der Waals surface area contributed by atoms with Crippen molar-refractivity contribution in [3.8, 4) is 0 Å². The molecule has 1 aliphatic carbocycles. The highest BCUT2D eigenvalue weighted by Gasteiger charge is 2.41. The van der Waals surface area contributed by atoms with Gasteiger partial charge in [-0.15, -0.1) is 0 Å². The summed E-state index contributed by atoms with van der Waals surface area (Å²) in [7, 11) is 0. The Labute approximate surface area is 37.4 Å². The summed E-state index contributed by atoms with van der Waals surface area (Å²) in [6, 6.07) is 0. The van der Waals surface area contributed by atoms with E-state index in [1.54, 1.807) is 6.92 Å². The van der Waals surface area contributed by atoms with Gasteiger partial charge in [-0.2, -0.15) is 0 Å². The zero-order valence-corrected chi connectivity index (χ0v) is 3.82. The lowest BCUT2D eigenvalue weighted by molar-refractivity contribution is -0.114. The average Bonchev–Trinajstić information content (AvgIpc) is 2.06. The molecule has 0 amide bonds. The van der Waals surface area contributed by atoms with Crippen LogP contribution >= 0.6 is 0 Å². The van der Waals surface area contributed by atoms with Gasteiger partial charge >= 0.3 is 5.78 Å². The summed E-state index contributed by atoms with van der Waals surface area (Å²) in [5, 5.41) is 0. The van der Waals surface area contributed by atoms with Gasteiger partial charge in [0, 0.05) is 6.92 Å². The molecule has 1 nitrogen and oxygen atoms in total. The van der Waals surface area contributed by atoms with E-state index in [9.17, 15) is 4.79 Å². The molecule has 0 saturated heterocycles. The highest BCUT2D eigenvalue weighted by Crippen LogP contribution is 2.31. The maximum absolute atomic E-state index is 10.2. The van der Waals surface area contributed by atoms with Gasteiger partial charge in [-0.25, -0.2) is 4.79 Å². The van der Waals surface area contributed by atoms with Crippen molar-refractivity contribution in [2.45, 2.75) is 19.8 Å². The lowest BCUT2D eigenvalue weighted by Crippen LogP contribution is -1.86. The topological polar surface area (TPSA) is 17.1 Å². The van der Waals surface area contributed by atoms with E-state index in [1.165, 1.54) is 0 Å². The third-order valence-corrected chi connectivity index (χ3v) is 0.998. The van der Waals surface area contributed by atoms with Crippen LogP contribution < -0.4 is 0 Å². The summed E-state index contributed by atoms with van der Waals surface area (Å²) >= 11 is 0. The van der Waals surface area contributed by atoms with Crippen molar-refractivity contribution in [2.75, 3.05) is 0 Å². The van der Waals surface area contributed by atoms with Crippen molar-refractivity contribution in [1.82, 2.24) is 0 Å². The summed E-state index contributed by atoms with van der Waals surface area (Å²) in [5.74, 6) is 1.41. The van der Waals surface area contributed by atoms with Gasteiger partial charge in [0.15, 0.2) is 5.92 Å². The van der Waals surface area contributed by atoms with Gasteiger partial charge in [0.2, 0.25) is 0 Å². The van der Waals surface area contributed by atoms with Crippen molar-refractivity contribution in [3.05, 3.63) is 5.92 Å². The van der Waals surface area contributed by atoms with E-state index in [-0.39, 0.29) is 5.78 Å². The molecule has 0 atom stereocenters. The predicted octanol–water partition coefficient (Wildman–Crippen LogP) is 0.944. The Morgan fingerprint density at radius 2 is 2.17 bits per heavy atom. The summed E-state index contributed by atoms with van der Waals surface area (Å²) < 4.78 is 0. The number of Topliss-reactive ketones (excluding diaryl/α,β-unsaturated/α-hetero) is 1. The first-order valence-electron chi connectivity index (χ1n) is 2.16. The number of hydrogen-bond acceptors (Lipinski definition) is 1. The molecule has 0 aromatic rings. The smallest absolute Gasteiger partial charge is 0.244 e. The van der Waals surface area contributed by atoms with Crippen molar-refractivity contribution >= 4 is 5.78 Å². The summed E-state index contributed by atoms with van der Waals surface area (Å²) in [6.07, 6.45) is 2.13. The molecule has 0 aromatic heterocycles. The molecule has 0 unspecified atom stereocenters. The second-order valence-corrected chi connectivity index (χ2v) is 1.66. The van der Waals surface area contributed by atoms with Crippen LogP contribution in [0.4, 0.5) is 0 Å². The van der Waals surface area contributed by atoms with Crippen LogP contribution in [0.15, 0.2) is 0 Å². The van der Waals surface area contributed by atoms with Crippen LogP contribution in [0.1, 0.15) is 19.8 Å². The van der Waals surface area contributed by atoms with Crippen molar-refractivity contribution in [3.63, 3.8) is 0 Å². The molecule has 6 heavy (non-hydrogen) atoms. The fourth-order valence-electron chi connectivity index (χ4n) is 0.415. The molecule has 0 aliphatic heterocycles. The van der Waals surface area contributed by atoms with Gasteiger partial charge in [-0.3, -0.25) is 0 Å². The fourth-order valence-corrected chi connectivity index (χ4v) is 0.415. The number of rotatable bonds is 1. The molecule has 1 fully saturated rings. The van der Waals surface area contributed by atoms with E-state index < -0.39 is 0 Å². The Hall–Kier alpha value is -0.460. The molecular weight excluding hydrogens is 76.1 g/mol. The molecule has 1 rings (SSSR count). The number of ketones is 1. The number of carbonyl (C=O) groups is 1. The molecule has 0 spiro atoms. The Morgan fingerprint density at radius 3 is 2.17 bits per heavy atom. The zero-order valence-electron chi connectivity index (χ0n) is 3.82. The first-order valence-corrected chi connectivity index (χ1v) is 2.16. The lowest BCUT2D eigenvalue weighted by atomic mass is 10.3. The quantitative estimate of drug-likeness (QED) is 0.431. The number of hydrogen-bond donors (Lipinski definition) is 0. The zero-order chi connectivity index (χ0) is 4.57. The molecule has 0 heterocycles. The van der Waals surface area contributed by atoms with E-state index in [0.29, 0.717) is 0 Å². The van der Waals surface area contributed by atoms with Crippen LogP contribution in [-0.4, -0.2) is 5.78 Å². The second kappa shape index (κ2) is 1.00. The standard InChI is InChI=1S/C5H7O/c1-4(6)5-2-3-5/h2-3H2,1H3/q+1. The highest BCUT2D eigenvalue weighted by molar-refractivity contribution is 5.92. The largest absolute Gasteiger partial charge is 0.305 e. The van der Waals surface area contributed by atoms with Crippen LogP contribution in [0.2, 0.25) is 0 Å². The minimum atomic E-state index is 0.287. The van der Waals surface area contributed by atoms with E-state index in [1.807, 2.05) is 0 Å². The monoisotopic (exact) mass is 83.0 g/mol. The van der Waals surface area contributed by atoms with Gasteiger partial charge in [0.1, 0.15) is 12.8 Å². The first kappa shape index (κ1) is 3.72. The van der Waals surface area contributed by atoms with E-state index >= 15 is 0 Å². The van der Waals surface area contributed by atoms with Crippen molar-refractivity contribution in [2.24, 2.45) is 0 Å². The SMILES string of the molecule is CC(=O)[C+]1CC1. The van der Waals surface area contributed by atoms with Gasteiger partial charge in [-0.1, -0.05) is 0 Å². The summed E-state index contributed by atoms with van der Waals surface area (Å²) in [6.45, 7) is 1.63. The number of carbonyl (C=O) groups excluding carboxylic acids is 1. The molecule has 1 heteroatoms. The van der Waals surface area contributed by atoms with Gasteiger partial charge < -0.3 is 0 Å². The van der Waals surface area contributed by atoms with Crippen LogP contribution in [0.5, 0.6) is 0 Å². The molecule has 32 valence electrons. The molecule has 0 bridgehead atoms. The Balaban J connectivity index is 2.31. The summed E-state index contributed by atoms with van der Waals surface area (Å²) in [4.78, 5) is 10.2. The minimum Gasteiger partial charge on any atom is -0.244 e. The molecule has 0 N–H and O–H groups in total. The summed E-state index contributed by atoms with van der Waals surface area (Å²) in [5.41, 5.74) is 0. The van der Waals surface area contributed by atoms with Crippen molar-refractivity contribution in [1.29, 1.82) is 0 Å². The molecule has 0 radical (unpaired) electrons. The normalized spacial score (nSPS) is 17.8. The van der Waals surface area contributed by atoms with Crippen LogP contribution in [-0.2, 0) is 4.79 Å². The Morgan fingerprint density at radius 1 is 1.67 bits per heavy atom. The maximum atomic E-state index is 10.2. The predicted molar refractivity (Wildman–Crippen MR) is 23.2 cm³/mol. The van der Waals surface area contributed by atoms with E-state index in [4.69, 9.17) is 0 Å². The third-order valence-electron chi connectivity index (χ3n) is 0.998. The molecule has 1 saturated carbocycles. The van der Waals surface area contributed by atoms with Crippen LogP contribution in [0.3, 0.4) is 0 Å². The Bertz CT molecular complexity index is 72.0. The van der Waals surface area contributed by atoms with Crippen LogP contribution in [0, 0.1) is 5.92 Å². The molecular formula is C5H7O+. The van der Waals surface area contributed by atoms with Crippen LogP contribution in [0.25, 0.3) is 0 Å². The minimum absolute atomic E-state index is 0.287. The van der Waals surface area contributed by atoms with Gasteiger partial charge in [-0.05, 0) is 0 Å². The third kappa shape index (κ3) is 0.534. The average molecular weight is 83.1 g/mol. The maximum Gasteiger partial charge on any atom is 0.305 e. The molecule has 1 aliphatic rings. The van der Waals surface area contributed by atoms with Gasteiger partial charge in [0.25, 0.3) is 0 Å². The lowest BCUT2D eigenvalue weighted by Gasteiger charge is -1.61.